The minimum absolute atomic E-state index is 0. The number of quaternary nitrogens is 1. The van der Waals surface area contributed by atoms with Gasteiger partial charge in [0.25, 0.3) is 0 Å². The topological polar surface area (TPSA) is 179 Å². The molecule has 9 heteroatoms. The molecule has 0 aliphatic rings. The Bertz CT molecular complexity index is 110. The molecule has 0 rings (SSSR count). The maximum absolute atomic E-state index is 6.25. The summed E-state index contributed by atoms with van der Waals surface area (Å²) in [7, 11) is 0. The first-order chi connectivity index (χ1) is 7.00. The summed E-state index contributed by atoms with van der Waals surface area (Å²) in [5.74, 6) is 0. The van der Waals surface area contributed by atoms with Crippen LogP contribution in [0.5, 0.6) is 0 Å². The molecule has 0 amide bonds. The predicted molar refractivity (Wildman–Crippen MR) is 35.8 cm³/mol. The molecule has 0 aromatic heterocycles. The Morgan fingerprint density at radius 1 is 0.467 bits per heavy atom. The van der Waals surface area contributed by atoms with E-state index >= 15 is 0 Å². The van der Waals surface area contributed by atoms with Gasteiger partial charge in [0.05, 0.1) is 0 Å². The predicted octanol–water partition coefficient (Wildman–Crippen LogP) is 0.949. The molecule has 0 aromatic carbocycles. The molecule has 0 aromatic rings. The van der Waals surface area contributed by atoms with Gasteiger partial charge in [-0.1, -0.05) is 0 Å². The summed E-state index contributed by atoms with van der Waals surface area (Å²) in [5, 5.41) is 37.5. The van der Waals surface area contributed by atoms with E-state index < -0.39 is 0 Å². The average Bonchev–Trinajstić information content (AvgIpc) is 2.45. The zero-order valence-electron chi connectivity index (χ0n) is 7.37. The quantitative estimate of drug-likeness (QED) is 0.511. The van der Waals surface area contributed by atoms with Crippen LogP contribution < -0.4 is 6.15 Å². The fourth-order valence-corrected chi connectivity index (χ4v) is 0. The number of nitrogens with zero attached hydrogens (tertiary/aromatic N) is 6. The fraction of sp³-hybridized carbons (Fsp3) is 0. The van der Waals surface area contributed by atoms with Crippen molar-refractivity contribution in [1.82, 2.24) is 6.15 Å². The van der Waals surface area contributed by atoms with Crippen LogP contribution in [0.1, 0.15) is 0 Å². The summed E-state index contributed by atoms with van der Waals surface area (Å²) in [6.45, 7) is 28.5. The fourth-order valence-electron chi connectivity index (χ4n) is 0. The van der Waals surface area contributed by atoms with Crippen molar-refractivity contribution in [3.8, 4) is 0 Å². The van der Waals surface area contributed by atoms with Gasteiger partial charge in [0.2, 0.25) is 0 Å². The van der Waals surface area contributed by atoms with Crippen LogP contribution in [0.25, 0.3) is 0 Å². The molecule has 0 radical (unpaired) electrons. The van der Waals surface area contributed by atoms with Crippen LogP contribution in [-0.4, -0.2) is 0 Å². The van der Waals surface area contributed by atoms with Crippen LogP contribution in [-0.2, 0) is 27.1 Å². The van der Waals surface area contributed by atoms with Crippen LogP contribution in [0, 0.1) is 71.0 Å². The van der Waals surface area contributed by atoms with Crippen molar-refractivity contribution in [2.75, 3.05) is 0 Å². The standard InChI is InChI=1S/6CN.Co.Fe.H3N/c6*1-2;;;/h;;;;;;;;1H3/q6*-1;;;/p+1. The summed E-state index contributed by atoms with van der Waals surface area (Å²) in [4.78, 5) is 0. The zero-order valence-corrected chi connectivity index (χ0v) is 9.52. The average molecular weight is 289 g/mol. The summed E-state index contributed by atoms with van der Waals surface area (Å²) >= 11 is 6.25. The molecule has 0 atom stereocenters. The second kappa shape index (κ2) is 331. The number of rotatable bonds is 0. The molecular formula is C6H4CoFeN7-5. The van der Waals surface area contributed by atoms with Gasteiger partial charge < -0.3 is 77.2 Å². The molecule has 0 fully saturated rings. The van der Waals surface area contributed by atoms with Crippen molar-refractivity contribution in [2.45, 2.75) is 0 Å². The third-order valence-corrected chi connectivity index (χ3v) is 0. The van der Waals surface area contributed by atoms with Crippen LogP contribution in [0.3, 0.4) is 0 Å². The molecule has 0 aliphatic carbocycles. The molecule has 0 spiro atoms. The Hall–Kier alpha value is -2.07. The van der Waals surface area contributed by atoms with E-state index in [4.69, 9.17) is 71.0 Å². The summed E-state index contributed by atoms with van der Waals surface area (Å²) in [6, 6.07) is 0. The molecule has 85 valence electrons. The van der Waals surface area contributed by atoms with Crippen LogP contribution >= 0.6 is 0 Å². The van der Waals surface area contributed by atoms with E-state index in [1.807, 2.05) is 0 Å². The van der Waals surface area contributed by atoms with Gasteiger partial charge in [-0.05, 0) is 0 Å². The Morgan fingerprint density at radius 2 is 0.467 bits per heavy atom. The monoisotopic (exact) mass is 289 g/mol. The summed E-state index contributed by atoms with van der Waals surface area (Å²) in [6.07, 6.45) is 0. The maximum atomic E-state index is 6.25. The molecule has 0 bridgehead atoms. The Morgan fingerprint density at radius 3 is 0.467 bits per heavy atom. The molecule has 15 heavy (non-hydrogen) atoms. The third kappa shape index (κ3) is 273. The molecule has 0 heterocycles. The number of hydrogen-bond donors (Lipinski definition) is 1. The van der Waals surface area contributed by atoms with Crippen molar-refractivity contribution in [2.24, 2.45) is 0 Å². The van der Waals surface area contributed by atoms with Gasteiger partial charge in [-0.15, -0.1) is 0 Å². The van der Waals surface area contributed by atoms with Gasteiger partial charge in [-0.25, -0.2) is 0 Å². The van der Waals surface area contributed by atoms with E-state index in [2.05, 4.69) is 27.1 Å². The van der Waals surface area contributed by atoms with Crippen molar-refractivity contribution >= 4 is 0 Å². The maximum Gasteiger partial charge on any atom is -0.369 e. The van der Waals surface area contributed by atoms with Gasteiger partial charge in [0.1, 0.15) is 0 Å². The third-order valence-electron chi connectivity index (χ3n) is 0. The Kier molecular flexibility index (Phi) is 1670. The van der Waals surface area contributed by atoms with Crippen molar-refractivity contribution in [1.29, 1.82) is 31.6 Å². The van der Waals surface area contributed by atoms with E-state index in [-0.39, 0.29) is 6.15 Å². The van der Waals surface area contributed by atoms with E-state index in [0.29, 0.717) is 0 Å². The van der Waals surface area contributed by atoms with Gasteiger partial charge in [0, 0.05) is 0 Å². The summed E-state index contributed by atoms with van der Waals surface area (Å²) < 4.78 is 0. The van der Waals surface area contributed by atoms with Crippen LogP contribution in [0.2, 0.25) is 0 Å². The molecule has 0 unspecified atom stereocenters. The van der Waals surface area contributed by atoms with E-state index in [9.17, 15) is 0 Å². The first kappa shape index (κ1) is 75.8. The zero-order chi connectivity index (χ0) is 14.0. The summed E-state index contributed by atoms with van der Waals surface area (Å²) in [5.41, 5.74) is 0. The van der Waals surface area contributed by atoms with E-state index in [1.165, 1.54) is 0 Å². The minimum Gasteiger partial charge on any atom is -0.369 e. The van der Waals surface area contributed by atoms with Gasteiger partial charge in [-0.3, -0.25) is 0 Å². The second-order valence-corrected chi connectivity index (χ2v) is 0. The first-order valence-corrected chi connectivity index (χ1v) is 3.35. The van der Waals surface area contributed by atoms with Gasteiger partial charge in [-0.2, -0.15) is 0 Å². The van der Waals surface area contributed by atoms with Crippen LogP contribution in [0.4, 0.5) is 0 Å². The normalized spacial score (nSPS) is 1.20. The van der Waals surface area contributed by atoms with Gasteiger partial charge in [0.15, 0.2) is 0 Å². The Balaban J connectivity index is -0.00000000628. The first-order valence-electron chi connectivity index (χ1n) is 1.46. The van der Waals surface area contributed by atoms with Crippen molar-refractivity contribution in [3.63, 3.8) is 0 Å². The van der Waals surface area contributed by atoms with Gasteiger partial charge >= 0.3 is 27.1 Å². The largest absolute Gasteiger partial charge is 0.369 e. The SMILES string of the molecule is [C-]#N.[C-]#N.[C-]#N.[C-]#N.[C-]#N.[C-]#N.[Fe]=[Co].[NH4+]. The second-order valence-electron chi connectivity index (χ2n) is 0. The molecular weight excluding hydrogens is 285 g/mol. The molecule has 4 N–H and O–H groups in total. The van der Waals surface area contributed by atoms with E-state index in [1.54, 1.807) is 0 Å². The van der Waals surface area contributed by atoms with E-state index in [0.717, 1.165) is 0 Å². The van der Waals surface area contributed by atoms with Crippen LogP contribution in [0.15, 0.2) is 0 Å². The smallest absolute Gasteiger partial charge is 0.369 e. The van der Waals surface area contributed by atoms with Crippen molar-refractivity contribution < 1.29 is 27.1 Å². The van der Waals surface area contributed by atoms with Crippen molar-refractivity contribution in [3.05, 3.63) is 39.4 Å². The molecule has 0 saturated carbocycles. The molecule has 0 aliphatic heterocycles. The minimum atomic E-state index is 0. The Labute approximate surface area is 104 Å². The molecule has 7 nitrogen and oxygen atoms in total. The number of hydrogen-bond acceptors (Lipinski definition) is 6. The molecule has 0 saturated heterocycles.